The standard InChI is InChI=1S/C15H16N4S/c1-11-7-13(12(2)20-11)8-17-14-3-5-15(6-4-14)19-10-16-9-18-19/h3-7,9-10,17H,8H2,1-2H3. The number of hydrogen-bond acceptors (Lipinski definition) is 4. The van der Waals surface area contributed by atoms with Crippen molar-refractivity contribution < 1.29 is 0 Å². The van der Waals surface area contributed by atoms with Crippen molar-refractivity contribution in [2.24, 2.45) is 0 Å². The summed E-state index contributed by atoms with van der Waals surface area (Å²) in [7, 11) is 0. The van der Waals surface area contributed by atoms with E-state index in [9.17, 15) is 0 Å². The Balaban J connectivity index is 1.68. The van der Waals surface area contributed by atoms with Gasteiger partial charge in [0.25, 0.3) is 0 Å². The number of nitrogens with zero attached hydrogens (tertiary/aromatic N) is 3. The third kappa shape index (κ3) is 2.72. The van der Waals surface area contributed by atoms with Gasteiger partial charge in [0.2, 0.25) is 0 Å². The fourth-order valence-corrected chi connectivity index (χ4v) is 3.08. The lowest BCUT2D eigenvalue weighted by atomic mass is 10.2. The molecule has 0 saturated carbocycles. The van der Waals surface area contributed by atoms with Crippen LogP contribution in [0.1, 0.15) is 15.3 Å². The first-order valence-electron chi connectivity index (χ1n) is 6.47. The molecule has 1 aromatic carbocycles. The van der Waals surface area contributed by atoms with E-state index in [1.165, 1.54) is 21.6 Å². The van der Waals surface area contributed by atoms with E-state index in [0.717, 1.165) is 17.9 Å². The molecule has 0 radical (unpaired) electrons. The molecular weight excluding hydrogens is 268 g/mol. The molecule has 0 saturated heterocycles. The van der Waals surface area contributed by atoms with E-state index in [-0.39, 0.29) is 0 Å². The van der Waals surface area contributed by atoms with E-state index in [1.807, 2.05) is 23.5 Å². The highest BCUT2D eigenvalue weighted by molar-refractivity contribution is 7.12. The zero-order valence-corrected chi connectivity index (χ0v) is 12.3. The molecule has 102 valence electrons. The first-order chi connectivity index (χ1) is 9.72. The molecule has 0 unspecified atom stereocenters. The van der Waals surface area contributed by atoms with Crippen LogP contribution in [0, 0.1) is 13.8 Å². The van der Waals surface area contributed by atoms with E-state index in [2.05, 4.69) is 47.4 Å². The van der Waals surface area contributed by atoms with Crippen LogP contribution in [0.5, 0.6) is 0 Å². The Labute approximate surface area is 122 Å². The molecule has 0 fully saturated rings. The molecule has 0 aliphatic rings. The van der Waals surface area contributed by atoms with Gasteiger partial charge in [-0.2, -0.15) is 5.10 Å². The van der Waals surface area contributed by atoms with Crippen molar-refractivity contribution in [1.82, 2.24) is 14.8 Å². The molecule has 0 spiro atoms. The maximum absolute atomic E-state index is 4.11. The van der Waals surface area contributed by atoms with Crippen LogP contribution in [0.3, 0.4) is 0 Å². The van der Waals surface area contributed by atoms with Gasteiger partial charge < -0.3 is 5.32 Å². The van der Waals surface area contributed by atoms with Crippen LogP contribution >= 0.6 is 11.3 Å². The number of aryl methyl sites for hydroxylation is 2. The highest BCUT2D eigenvalue weighted by Crippen LogP contribution is 2.22. The topological polar surface area (TPSA) is 42.7 Å². The van der Waals surface area contributed by atoms with Crippen molar-refractivity contribution in [3.63, 3.8) is 0 Å². The largest absolute Gasteiger partial charge is 0.381 e. The van der Waals surface area contributed by atoms with Crippen LogP contribution in [-0.2, 0) is 6.54 Å². The van der Waals surface area contributed by atoms with Crippen molar-refractivity contribution >= 4 is 17.0 Å². The van der Waals surface area contributed by atoms with E-state index >= 15 is 0 Å². The average Bonchev–Trinajstić information content (AvgIpc) is 3.07. The Morgan fingerprint density at radius 3 is 2.60 bits per heavy atom. The summed E-state index contributed by atoms with van der Waals surface area (Å²) in [5.41, 5.74) is 3.49. The summed E-state index contributed by atoms with van der Waals surface area (Å²) in [6.07, 6.45) is 3.23. The third-order valence-electron chi connectivity index (χ3n) is 3.18. The van der Waals surface area contributed by atoms with Crippen LogP contribution in [0.25, 0.3) is 5.69 Å². The van der Waals surface area contributed by atoms with Crippen molar-refractivity contribution in [2.75, 3.05) is 5.32 Å². The van der Waals surface area contributed by atoms with Gasteiger partial charge in [-0.05, 0) is 49.7 Å². The van der Waals surface area contributed by atoms with Gasteiger partial charge in [0.05, 0.1) is 5.69 Å². The van der Waals surface area contributed by atoms with E-state index in [0.29, 0.717) is 0 Å². The lowest BCUT2D eigenvalue weighted by Gasteiger charge is -2.07. The summed E-state index contributed by atoms with van der Waals surface area (Å²) in [4.78, 5) is 6.69. The van der Waals surface area contributed by atoms with Gasteiger partial charge >= 0.3 is 0 Å². The van der Waals surface area contributed by atoms with Gasteiger partial charge in [0.1, 0.15) is 12.7 Å². The molecule has 0 bridgehead atoms. The summed E-state index contributed by atoms with van der Waals surface area (Å²) in [5.74, 6) is 0. The summed E-state index contributed by atoms with van der Waals surface area (Å²) >= 11 is 1.85. The predicted octanol–water partition coefficient (Wildman–Crippen LogP) is 3.56. The number of anilines is 1. The fourth-order valence-electron chi connectivity index (χ4n) is 2.13. The van der Waals surface area contributed by atoms with Gasteiger partial charge in [-0.15, -0.1) is 11.3 Å². The van der Waals surface area contributed by atoms with Crippen molar-refractivity contribution in [3.05, 3.63) is 58.3 Å². The van der Waals surface area contributed by atoms with Crippen LogP contribution < -0.4 is 5.32 Å². The van der Waals surface area contributed by atoms with E-state index in [1.54, 1.807) is 11.0 Å². The molecule has 0 aliphatic carbocycles. The summed E-state index contributed by atoms with van der Waals surface area (Å²) in [5, 5.41) is 7.56. The molecule has 0 atom stereocenters. The molecule has 3 rings (SSSR count). The normalized spacial score (nSPS) is 10.7. The Morgan fingerprint density at radius 1 is 1.20 bits per heavy atom. The van der Waals surface area contributed by atoms with Gasteiger partial charge in [0.15, 0.2) is 0 Å². The Bertz CT molecular complexity index is 683. The second-order valence-electron chi connectivity index (χ2n) is 4.68. The first kappa shape index (κ1) is 12.9. The molecule has 0 aliphatic heterocycles. The monoisotopic (exact) mass is 284 g/mol. The third-order valence-corrected chi connectivity index (χ3v) is 4.19. The summed E-state index contributed by atoms with van der Waals surface area (Å²) < 4.78 is 1.75. The van der Waals surface area contributed by atoms with E-state index < -0.39 is 0 Å². The van der Waals surface area contributed by atoms with E-state index in [4.69, 9.17) is 0 Å². The maximum atomic E-state index is 4.11. The van der Waals surface area contributed by atoms with Crippen molar-refractivity contribution in [2.45, 2.75) is 20.4 Å². The van der Waals surface area contributed by atoms with Gasteiger partial charge in [0, 0.05) is 22.0 Å². The molecule has 3 aromatic rings. The number of aromatic nitrogens is 3. The number of rotatable bonds is 4. The second-order valence-corrected chi connectivity index (χ2v) is 6.14. The number of nitrogens with one attached hydrogen (secondary N) is 1. The maximum Gasteiger partial charge on any atom is 0.138 e. The van der Waals surface area contributed by atoms with Gasteiger partial charge in [-0.1, -0.05) is 0 Å². The molecule has 4 nitrogen and oxygen atoms in total. The molecule has 20 heavy (non-hydrogen) atoms. The molecule has 1 N–H and O–H groups in total. The Hall–Kier alpha value is -2.14. The SMILES string of the molecule is Cc1cc(CNc2ccc(-n3cncn3)cc2)c(C)s1. The number of hydrogen-bond donors (Lipinski definition) is 1. The lowest BCUT2D eigenvalue weighted by Crippen LogP contribution is -2.00. The molecule has 2 heterocycles. The zero-order chi connectivity index (χ0) is 13.9. The predicted molar refractivity (Wildman–Crippen MR) is 82.5 cm³/mol. The minimum absolute atomic E-state index is 0.860. The smallest absolute Gasteiger partial charge is 0.138 e. The Morgan fingerprint density at radius 2 is 2.00 bits per heavy atom. The van der Waals surface area contributed by atoms with Gasteiger partial charge in [-0.3, -0.25) is 0 Å². The van der Waals surface area contributed by atoms with Crippen LogP contribution in [0.2, 0.25) is 0 Å². The van der Waals surface area contributed by atoms with Crippen molar-refractivity contribution in [1.29, 1.82) is 0 Å². The minimum atomic E-state index is 0.860. The second kappa shape index (κ2) is 5.46. The zero-order valence-electron chi connectivity index (χ0n) is 11.5. The first-order valence-corrected chi connectivity index (χ1v) is 7.29. The van der Waals surface area contributed by atoms with Crippen LogP contribution in [0.4, 0.5) is 5.69 Å². The molecule has 0 amide bonds. The summed E-state index contributed by atoms with van der Waals surface area (Å²) in [6.45, 7) is 5.18. The minimum Gasteiger partial charge on any atom is -0.381 e. The molecule has 5 heteroatoms. The highest BCUT2D eigenvalue weighted by atomic mass is 32.1. The fraction of sp³-hybridized carbons (Fsp3) is 0.200. The molecular formula is C15H16N4S. The summed E-state index contributed by atoms with van der Waals surface area (Å²) in [6, 6.07) is 10.4. The molecule has 2 aromatic heterocycles. The van der Waals surface area contributed by atoms with Gasteiger partial charge in [-0.25, -0.2) is 9.67 Å². The van der Waals surface area contributed by atoms with Crippen LogP contribution in [-0.4, -0.2) is 14.8 Å². The highest BCUT2D eigenvalue weighted by Gasteiger charge is 2.03. The van der Waals surface area contributed by atoms with Crippen LogP contribution in [0.15, 0.2) is 43.0 Å². The Kier molecular flexibility index (Phi) is 3.52. The number of thiophene rings is 1. The lowest BCUT2D eigenvalue weighted by molar-refractivity contribution is 0.879. The average molecular weight is 284 g/mol. The number of benzene rings is 1. The quantitative estimate of drug-likeness (QED) is 0.796. The van der Waals surface area contributed by atoms with Crippen molar-refractivity contribution in [3.8, 4) is 5.69 Å².